The van der Waals surface area contributed by atoms with Crippen molar-refractivity contribution in [2.24, 2.45) is 0 Å². The molecular formula is C24H33NO4S. The van der Waals surface area contributed by atoms with E-state index in [1.54, 1.807) is 12.1 Å². The second-order valence-corrected chi connectivity index (χ2v) is 10.5. The summed E-state index contributed by atoms with van der Waals surface area (Å²) in [6, 6.07) is 15.6. The summed E-state index contributed by atoms with van der Waals surface area (Å²) >= 11 is 0. The lowest BCUT2D eigenvalue weighted by Crippen LogP contribution is -2.24. The molecular weight excluding hydrogens is 398 g/mol. The SMILES string of the molecule is CC(C)(C)c1ccc(Cc2ccc(S(=O)(=O)NCCCCCCC(=O)O)cc2)cc1. The number of carboxylic acids is 1. The summed E-state index contributed by atoms with van der Waals surface area (Å²) in [6.07, 6.45) is 3.85. The van der Waals surface area contributed by atoms with Gasteiger partial charge in [-0.2, -0.15) is 0 Å². The summed E-state index contributed by atoms with van der Waals surface area (Å²) in [5.74, 6) is -0.791. The van der Waals surface area contributed by atoms with Gasteiger partial charge in [-0.3, -0.25) is 4.79 Å². The third kappa shape index (κ3) is 7.92. The Kier molecular flexibility index (Phi) is 8.62. The van der Waals surface area contributed by atoms with E-state index in [-0.39, 0.29) is 16.7 Å². The van der Waals surface area contributed by atoms with Gasteiger partial charge in [0.25, 0.3) is 0 Å². The second kappa shape index (κ2) is 10.7. The fraction of sp³-hybridized carbons (Fsp3) is 0.458. The predicted octanol–water partition coefficient (Wildman–Crippen LogP) is 4.89. The molecule has 30 heavy (non-hydrogen) atoms. The van der Waals surface area contributed by atoms with Crippen LogP contribution in [0.3, 0.4) is 0 Å². The quantitative estimate of drug-likeness (QED) is 0.496. The molecule has 0 amide bonds. The Labute approximate surface area is 180 Å². The van der Waals surface area contributed by atoms with Crippen LogP contribution in [0, 0.1) is 0 Å². The van der Waals surface area contributed by atoms with Crippen LogP contribution in [0.2, 0.25) is 0 Å². The van der Waals surface area contributed by atoms with Crippen molar-refractivity contribution in [3.8, 4) is 0 Å². The van der Waals surface area contributed by atoms with E-state index < -0.39 is 16.0 Å². The normalized spacial score (nSPS) is 12.1. The summed E-state index contributed by atoms with van der Waals surface area (Å²) in [6.45, 7) is 6.93. The lowest BCUT2D eigenvalue weighted by molar-refractivity contribution is -0.137. The van der Waals surface area contributed by atoms with Crippen molar-refractivity contribution in [3.05, 3.63) is 65.2 Å². The summed E-state index contributed by atoms with van der Waals surface area (Å²) in [5.41, 5.74) is 3.68. The molecule has 0 heterocycles. The fourth-order valence-corrected chi connectivity index (χ4v) is 4.26. The Morgan fingerprint density at radius 2 is 1.40 bits per heavy atom. The molecule has 0 fully saturated rings. The lowest BCUT2D eigenvalue weighted by atomic mass is 9.86. The number of nitrogens with one attached hydrogen (secondary N) is 1. The molecule has 0 saturated heterocycles. The van der Waals surface area contributed by atoms with E-state index in [9.17, 15) is 13.2 Å². The van der Waals surface area contributed by atoms with Gasteiger partial charge in [0.15, 0.2) is 0 Å². The van der Waals surface area contributed by atoms with Crippen LogP contribution >= 0.6 is 0 Å². The number of hydrogen-bond acceptors (Lipinski definition) is 3. The van der Waals surface area contributed by atoms with E-state index in [0.29, 0.717) is 19.4 Å². The Morgan fingerprint density at radius 3 is 1.93 bits per heavy atom. The molecule has 164 valence electrons. The number of aliphatic carboxylic acids is 1. The first-order valence-electron chi connectivity index (χ1n) is 10.5. The Bertz CT molecular complexity index is 911. The first-order chi connectivity index (χ1) is 14.1. The van der Waals surface area contributed by atoms with Crippen LogP contribution in [0.4, 0.5) is 0 Å². The highest BCUT2D eigenvalue weighted by atomic mass is 32.2. The van der Waals surface area contributed by atoms with Crippen LogP contribution in [0.5, 0.6) is 0 Å². The van der Waals surface area contributed by atoms with E-state index in [1.165, 1.54) is 11.1 Å². The molecule has 0 aliphatic heterocycles. The van der Waals surface area contributed by atoms with Crippen LogP contribution in [0.15, 0.2) is 53.4 Å². The molecule has 0 unspecified atom stereocenters. The minimum Gasteiger partial charge on any atom is -0.481 e. The van der Waals surface area contributed by atoms with Crippen molar-refractivity contribution < 1.29 is 18.3 Å². The Hall–Kier alpha value is -2.18. The number of rotatable bonds is 11. The lowest BCUT2D eigenvalue weighted by Gasteiger charge is -2.19. The highest BCUT2D eigenvalue weighted by Crippen LogP contribution is 2.23. The standard InChI is InChI=1S/C24H33NO4S/c1-24(2,3)21-13-9-19(10-14-21)18-20-11-15-22(16-12-20)30(28,29)25-17-7-5-4-6-8-23(26)27/h9-16,25H,4-8,17-18H2,1-3H3,(H,26,27). The van der Waals surface area contributed by atoms with Crippen molar-refractivity contribution in [1.29, 1.82) is 0 Å². The molecule has 0 bridgehead atoms. The van der Waals surface area contributed by atoms with Gasteiger partial charge in [0.1, 0.15) is 0 Å². The van der Waals surface area contributed by atoms with Gasteiger partial charge in [0.05, 0.1) is 4.90 Å². The van der Waals surface area contributed by atoms with Gasteiger partial charge in [-0.15, -0.1) is 0 Å². The largest absolute Gasteiger partial charge is 0.481 e. The first-order valence-corrected chi connectivity index (χ1v) is 12.0. The van der Waals surface area contributed by atoms with Gasteiger partial charge < -0.3 is 5.11 Å². The van der Waals surface area contributed by atoms with E-state index in [0.717, 1.165) is 24.8 Å². The highest BCUT2D eigenvalue weighted by molar-refractivity contribution is 7.89. The maximum atomic E-state index is 12.4. The van der Waals surface area contributed by atoms with Crippen LogP contribution in [-0.4, -0.2) is 26.0 Å². The van der Waals surface area contributed by atoms with Crippen molar-refractivity contribution in [2.45, 2.75) is 69.6 Å². The Morgan fingerprint density at radius 1 is 0.867 bits per heavy atom. The molecule has 0 spiro atoms. The second-order valence-electron chi connectivity index (χ2n) is 8.72. The molecule has 0 aromatic heterocycles. The molecule has 0 saturated carbocycles. The number of benzene rings is 2. The van der Waals surface area contributed by atoms with E-state index >= 15 is 0 Å². The van der Waals surface area contributed by atoms with E-state index in [1.807, 2.05) is 12.1 Å². The molecule has 2 rings (SSSR count). The van der Waals surface area contributed by atoms with Gasteiger partial charge >= 0.3 is 5.97 Å². The molecule has 5 nitrogen and oxygen atoms in total. The zero-order chi connectivity index (χ0) is 22.2. The molecule has 0 atom stereocenters. The summed E-state index contributed by atoms with van der Waals surface area (Å²) in [7, 11) is -3.52. The summed E-state index contributed by atoms with van der Waals surface area (Å²) < 4.78 is 27.5. The summed E-state index contributed by atoms with van der Waals surface area (Å²) in [4.78, 5) is 10.7. The van der Waals surface area contributed by atoms with Gasteiger partial charge in [0, 0.05) is 13.0 Å². The molecule has 0 aliphatic rings. The smallest absolute Gasteiger partial charge is 0.303 e. The van der Waals surface area contributed by atoms with Gasteiger partial charge in [0.2, 0.25) is 10.0 Å². The Balaban J connectivity index is 1.84. The van der Waals surface area contributed by atoms with Crippen LogP contribution in [0.25, 0.3) is 0 Å². The third-order valence-electron chi connectivity index (χ3n) is 5.07. The van der Waals surface area contributed by atoms with Crippen LogP contribution in [0.1, 0.15) is 69.6 Å². The maximum Gasteiger partial charge on any atom is 0.303 e. The number of carbonyl (C=O) groups is 1. The maximum absolute atomic E-state index is 12.4. The van der Waals surface area contributed by atoms with E-state index in [4.69, 9.17) is 5.11 Å². The van der Waals surface area contributed by atoms with Crippen LogP contribution in [-0.2, 0) is 26.7 Å². The van der Waals surface area contributed by atoms with Gasteiger partial charge in [-0.05, 0) is 53.5 Å². The van der Waals surface area contributed by atoms with Crippen LogP contribution < -0.4 is 4.72 Å². The minimum atomic E-state index is -3.52. The minimum absolute atomic E-state index is 0.125. The molecule has 2 N–H and O–H groups in total. The van der Waals surface area contributed by atoms with Gasteiger partial charge in [-0.25, -0.2) is 13.1 Å². The van der Waals surface area contributed by atoms with Crippen molar-refractivity contribution in [1.82, 2.24) is 4.72 Å². The monoisotopic (exact) mass is 431 g/mol. The number of unbranched alkanes of at least 4 members (excludes halogenated alkanes) is 3. The van der Waals surface area contributed by atoms with Crippen molar-refractivity contribution >= 4 is 16.0 Å². The average molecular weight is 432 g/mol. The first kappa shape index (κ1) is 24.1. The average Bonchev–Trinajstić information content (AvgIpc) is 2.67. The topological polar surface area (TPSA) is 83.5 Å². The predicted molar refractivity (Wildman–Crippen MR) is 120 cm³/mol. The fourth-order valence-electron chi connectivity index (χ4n) is 3.19. The molecule has 0 aliphatic carbocycles. The number of carboxylic acid groups (broad SMARTS) is 1. The molecule has 2 aromatic rings. The van der Waals surface area contributed by atoms with Crippen molar-refractivity contribution in [2.75, 3.05) is 6.54 Å². The zero-order valence-corrected chi connectivity index (χ0v) is 19.0. The third-order valence-corrected chi connectivity index (χ3v) is 6.55. The van der Waals surface area contributed by atoms with Crippen molar-refractivity contribution in [3.63, 3.8) is 0 Å². The highest BCUT2D eigenvalue weighted by Gasteiger charge is 2.14. The van der Waals surface area contributed by atoms with Gasteiger partial charge in [-0.1, -0.05) is 70.0 Å². The number of sulfonamides is 1. The molecule has 6 heteroatoms. The zero-order valence-electron chi connectivity index (χ0n) is 18.1. The molecule has 2 aromatic carbocycles. The summed E-state index contributed by atoms with van der Waals surface area (Å²) in [5, 5.41) is 8.60. The molecule has 0 radical (unpaired) electrons. The number of hydrogen-bond donors (Lipinski definition) is 2. The van der Waals surface area contributed by atoms with E-state index in [2.05, 4.69) is 49.8 Å².